The van der Waals surface area contributed by atoms with Gasteiger partial charge in [-0.3, -0.25) is 0 Å². The molecule has 1 aromatic rings. The molecule has 1 rings (SSSR count). The fourth-order valence-electron chi connectivity index (χ4n) is 1.70. The molecule has 0 fully saturated rings. The molecule has 0 saturated carbocycles. The Hall–Kier alpha value is -0.540. The van der Waals surface area contributed by atoms with Crippen LogP contribution in [0.4, 0.5) is 4.39 Å². The van der Waals surface area contributed by atoms with E-state index >= 15 is 0 Å². The fraction of sp³-hybridized carbons (Fsp3) is 0.538. The standard InChI is InChI=1S/C13H19FOS/c1-8-7-10(13(3,4)5)11(14)9(2)12(8)16-15-6/h7H,1-6H3. The van der Waals surface area contributed by atoms with Gasteiger partial charge in [-0.1, -0.05) is 26.8 Å². The third-order valence-corrected chi connectivity index (χ3v) is 3.56. The quantitative estimate of drug-likeness (QED) is 0.711. The minimum atomic E-state index is -0.171. The molecule has 0 atom stereocenters. The predicted molar refractivity (Wildman–Crippen MR) is 67.4 cm³/mol. The normalized spacial score (nSPS) is 11.9. The summed E-state index contributed by atoms with van der Waals surface area (Å²) in [5.41, 5.74) is 2.34. The van der Waals surface area contributed by atoms with Crippen molar-refractivity contribution < 1.29 is 8.57 Å². The average molecular weight is 242 g/mol. The first-order valence-electron chi connectivity index (χ1n) is 5.30. The summed E-state index contributed by atoms with van der Waals surface area (Å²) >= 11 is 1.22. The van der Waals surface area contributed by atoms with E-state index in [1.54, 1.807) is 14.0 Å². The van der Waals surface area contributed by atoms with Crippen molar-refractivity contribution in [3.8, 4) is 0 Å². The lowest BCUT2D eigenvalue weighted by molar-refractivity contribution is 0.486. The lowest BCUT2D eigenvalue weighted by atomic mass is 9.84. The largest absolute Gasteiger partial charge is 0.314 e. The summed E-state index contributed by atoms with van der Waals surface area (Å²) in [5, 5.41) is 0. The molecule has 0 aliphatic heterocycles. The van der Waals surface area contributed by atoms with Crippen molar-refractivity contribution in [3.05, 3.63) is 28.6 Å². The van der Waals surface area contributed by atoms with Crippen LogP contribution in [0.3, 0.4) is 0 Å². The van der Waals surface area contributed by atoms with Crippen molar-refractivity contribution in [2.24, 2.45) is 0 Å². The van der Waals surface area contributed by atoms with Gasteiger partial charge in [0.15, 0.2) is 0 Å². The van der Waals surface area contributed by atoms with Gasteiger partial charge >= 0.3 is 0 Å². The van der Waals surface area contributed by atoms with Gasteiger partial charge in [-0.2, -0.15) is 0 Å². The Bertz CT molecular complexity index is 394. The number of halogens is 1. The van der Waals surface area contributed by atoms with Gasteiger partial charge in [0, 0.05) is 22.5 Å². The van der Waals surface area contributed by atoms with Crippen molar-refractivity contribution >= 4 is 12.0 Å². The Morgan fingerprint density at radius 3 is 2.25 bits per heavy atom. The maximum atomic E-state index is 14.2. The molecule has 90 valence electrons. The van der Waals surface area contributed by atoms with Crippen LogP contribution in [0, 0.1) is 19.7 Å². The first kappa shape index (κ1) is 13.5. The second-order valence-corrected chi connectivity index (χ2v) is 5.92. The molecule has 0 aliphatic carbocycles. The molecule has 0 spiro atoms. The zero-order chi connectivity index (χ0) is 12.5. The van der Waals surface area contributed by atoms with Crippen molar-refractivity contribution in [1.29, 1.82) is 0 Å². The highest BCUT2D eigenvalue weighted by atomic mass is 32.2. The maximum absolute atomic E-state index is 14.2. The van der Waals surface area contributed by atoms with Crippen LogP contribution < -0.4 is 0 Å². The molecule has 0 bridgehead atoms. The van der Waals surface area contributed by atoms with E-state index in [1.807, 2.05) is 33.8 Å². The van der Waals surface area contributed by atoms with E-state index in [2.05, 4.69) is 0 Å². The molecule has 0 unspecified atom stereocenters. The van der Waals surface area contributed by atoms with E-state index in [1.165, 1.54) is 12.0 Å². The molecule has 0 heterocycles. The first-order chi connectivity index (χ1) is 7.29. The molecule has 16 heavy (non-hydrogen) atoms. The zero-order valence-electron chi connectivity index (χ0n) is 10.8. The van der Waals surface area contributed by atoms with Crippen molar-refractivity contribution in [2.45, 2.75) is 44.9 Å². The Labute approximate surface area is 102 Å². The highest BCUT2D eigenvalue weighted by Crippen LogP contribution is 2.34. The Morgan fingerprint density at radius 1 is 1.25 bits per heavy atom. The van der Waals surface area contributed by atoms with Gasteiger partial charge in [0.25, 0.3) is 0 Å². The van der Waals surface area contributed by atoms with E-state index in [-0.39, 0.29) is 11.2 Å². The third kappa shape index (κ3) is 2.58. The summed E-state index contributed by atoms with van der Waals surface area (Å²) in [7, 11) is 1.60. The van der Waals surface area contributed by atoms with E-state index in [9.17, 15) is 4.39 Å². The van der Waals surface area contributed by atoms with Crippen LogP contribution in [0.15, 0.2) is 11.0 Å². The average Bonchev–Trinajstić information content (AvgIpc) is 2.16. The second-order valence-electron chi connectivity index (χ2n) is 5.01. The summed E-state index contributed by atoms with van der Waals surface area (Å²) in [4.78, 5) is 0.882. The Morgan fingerprint density at radius 2 is 1.81 bits per heavy atom. The van der Waals surface area contributed by atoms with E-state index in [0.717, 1.165) is 16.0 Å². The van der Waals surface area contributed by atoms with E-state index in [0.29, 0.717) is 5.56 Å². The van der Waals surface area contributed by atoms with Gasteiger partial charge in [-0.25, -0.2) is 4.39 Å². The summed E-state index contributed by atoms with van der Waals surface area (Å²) in [6.45, 7) is 9.86. The molecule has 0 aromatic heterocycles. The highest BCUT2D eigenvalue weighted by Gasteiger charge is 2.22. The van der Waals surface area contributed by atoms with Crippen LogP contribution >= 0.6 is 12.0 Å². The third-order valence-electron chi connectivity index (χ3n) is 2.60. The molecule has 1 aromatic carbocycles. The topological polar surface area (TPSA) is 9.23 Å². The van der Waals surface area contributed by atoms with Gasteiger partial charge in [0.2, 0.25) is 0 Å². The van der Waals surface area contributed by atoms with Crippen LogP contribution in [-0.2, 0) is 9.60 Å². The number of benzene rings is 1. The Balaban J connectivity index is 3.39. The monoisotopic (exact) mass is 242 g/mol. The van der Waals surface area contributed by atoms with Gasteiger partial charge in [-0.05, 0) is 30.4 Å². The minimum Gasteiger partial charge on any atom is -0.314 e. The van der Waals surface area contributed by atoms with Crippen LogP contribution in [0.1, 0.15) is 37.5 Å². The smallest absolute Gasteiger partial charge is 0.131 e. The first-order valence-corrected chi connectivity index (χ1v) is 6.04. The SMILES string of the molecule is COSc1c(C)cc(C(C)(C)C)c(F)c1C. The number of hydrogen-bond acceptors (Lipinski definition) is 2. The van der Waals surface area contributed by atoms with Crippen molar-refractivity contribution in [2.75, 3.05) is 7.11 Å². The molecular weight excluding hydrogens is 223 g/mol. The Kier molecular flexibility index (Phi) is 4.02. The second kappa shape index (κ2) is 4.76. The number of rotatable bonds is 2. The van der Waals surface area contributed by atoms with E-state index < -0.39 is 0 Å². The summed E-state index contributed by atoms with van der Waals surface area (Å²) in [6.07, 6.45) is 0. The van der Waals surface area contributed by atoms with Crippen LogP contribution in [0.2, 0.25) is 0 Å². The lowest BCUT2D eigenvalue weighted by Crippen LogP contribution is -2.15. The van der Waals surface area contributed by atoms with Crippen LogP contribution in [-0.4, -0.2) is 7.11 Å². The molecule has 0 N–H and O–H groups in total. The predicted octanol–water partition coefficient (Wildman–Crippen LogP) is 4.39. The molecule has 3 heteroatoms. The van der Waals surface area contributed by atoms with Crippen LogP contribution in [0.5, 0.6) is 0 Å². The highest BCUT2D eigenvalue weighted by molar-refractivity contribution is 7.94. The van der Waals surface area contributed by atoms with E-state index in [4.69, 9.17) is 4.18 Å². The molecule has 1 nitrogen and oxygen atoms in total. The molecular formula is C13H19FOS. The molecule has 0 saturated heterocycles. The van der Waals surface area contributed by atoms with Crippen molar-refractivity contribution in [1.82, 2.24) is 0 Å². The molecule has 0 aliphatic rings. The van der Waals surface area contributed by atoms with Crippen molar-refractivity contribution in [3.63, 3.8) is 0 Å². The summed E-state index contributed by atoms with van der Waals surface area (Å²) in [6, 6.07) is 1.92. The minimum absolute atomic E-state index is 0.113. The number of hydrogen-bond donors (Lipinski definition) is 0. The molecule has 0 radical (unpaired) electrons. The van der Waals surface area contributed by atoms with Gasteiger partial charge in [0.1, 0.15) is 5.82 Å². The lowest BCUT2D eigenvalue weighted by Gasteiger charge is -2.23. The van der Waals surface area contributed by atoms with Crippen LogP contribution in [0.25, 0.3) is 0 Å². The van der Waals surface area contributed by atoms with Gasteiger partial charge in [0.05, 0.1) is 7.11 Å². The number of aryl methyl sites for hydroxylation is 1. The maximum Gasteiger partial charge on any atom is 0.131 e. The fourth-order valence-corrected chi connectivity index (χ4v) is 2.27. The zero-order valence-corrected chi connectivity index (χ0v) is 11.6. The summed E-state index contributed by atoms with van der Waals surface area (Å²) in [5.74, 6) is -0.113. The van der Waals surface area contributed by atoms with Gasteiger partial charge in [-0.15, -0.1) is 0 Å². The molecule has 0 amide bonds. The summed E-state index contributed by atoms with van der Waals surface area (Å²) < 4.78 is 19.2. The van der Waals surface area contributed by atoms with Gasteiger partial charge < -0.3 is 4.18 Å².